The third-order valence-electron chi connectivity index (χ3n) is 5.32. The van der Waals surface area contributed by atoms with Crippen molar-refractivity contribution in [3.8, 4) is 0 Å². The van der Waals surface area contributed by atoms with Crippen LogP contribution in [0.25, 0.3) is 0 Å². The molecule has 0 aromatic carbocycles. The number of rotatable bonds is 2. The Kier molecular flexibility index (Phi) is 3.79. The number of thioether (sulfide) groups is 1. The minimum Gasteiger partial charge on any atom is -0.370 e. The molecule has 4 rings (SSSR count). The predicted octanol–water partition coefficient (Wildman–Crippen LogP) is 2.67. The summed E-state index contributed by atoms with van der Waals surface area (Å²) in [5, 5.41) is 7.54. The van der Waals surface area contributed by atoms with E-state index in [2.05, 4.69) is 27.7 Å². The molecule has 0 aromatic rings. The lowest BCUT2D eigenvalue weighted by molar-refractivity contribution is 0.339. The van der Waals surface area contributed by atoms with E-state index in [1.54, 1.807) is 16.8 Å². The van der Waals surface area contributed by atoms with E-state index in [0.29, 0.717) is 23.4 Å². The summed E-state index contributed by atoms with van der Waals surface area (Å²) in [6.45, 7) is 0. The smallest absolute Gasteiger partial charge is 0.115 e. The Morgan fingerprint density at radius 1 is 1.14 bits per heavy atom. The van der Waals surface area contributed by atoms with Crippen LogP contribution < -0.4 is 10.6 Å². The third-order valence-corrected chi connectivity index (χ3v) is 6.71. The first kappa shape index (κ1) is 13.8. The molecule has 0 radical (unpaired) electrons. The van der Waals surface area contributed by atoms with Gasteiger partial charge in [-0.05, 0) is 62.5 Å². The Bertz CT molecular complexity index is 502. The van der Waals surface area contributed by atoms with Gasteiger partial charge >= 0.3 is 0 Å². The molecule has 2 aliphatic heterocycles. The van der Waals surface area contributed by atoms with Crippen molar-refractivity contribution < 1.29 is 0 Å². The lowest BCUT2D eigenvalue weighted by atomic mass is 9.89. The van der Waals surface area contributed by atoms with Gasteiger partial charge in [-0.15, -0.1) is 11.8 Å². The zero-order chi connectivity index (χ0) is 14.2. The highest BCUT2D eigenvalue weighted by Crippen LogP contribution is 2.51. The SMILES string of the molecule is CN[C@H]1CC[C@H](NC2=NC=NC3SC4=C(CCC4)C23)CC1. The van der Waals surface area contributed by atoms with Crippen LogP contribution in [0.3, 0.4) is 0 Å². The third kappa shape index (κ3) is 2.55. The molecule has 1 fully saturated rings. The summed E-state index contributed by atoms with van der Waals surface area (Å²) in [5.41, 5.74) is 1.64. The lowest BCUT2D eigenvalue weighted by Gasteiger charge is -2.32. The number of amidine groups is 1. The molecule has 1 saturated carbocycles. The minimum absolute atomic E-state index is 0.365. The normalized spacial score (nSPS) is 38.2. The van der Waals surface area contributed by atoms with Crippen molar-refractivity contribution in [2.45, 2.75) is 62.4 Å². The standard InChI is InChI=1S/C16H24N4S/c1-17-10-5-7-11(8-6-10)20-15-14-12-3-2-4-13(12)21-16(14)19-9-18-15/h9-11,14,16-17H,2-8H2,1H3,(H,18,19,20)/t10-,11-,14?,16?. The summed E-state index contributed by atoms with van der Waals surface area (Å²) in [5.74, 6) is 1.64. The summed E-state index contributed by atoms with van der Waals surface area (Å²) in [4.78, 5) is 10.8. The number of hydrogen-bond donors (Lipinski definition) is 2. The van der Waals surface area contributed by atoms with E-state index in [0.717, 1.165) is 0 Å². The van der Waals surface area contributed by atoms with Crippen LogP contribution in [-0.4, -0.2) is 36.7 Å². The molecule has 114 valence electrons. The molecule has 0 saturated heterocycles. The van der Waals surface area contributed by atoms with Crippen LogP contribution in [-0.2, 0) is 0 Å². The van der Waals surface area contributed by atoms with E-state index in [4.69, 9.17) is 0 Å². The molecule has 4 aliphatic rings. The Labute approximate surface area is 131 Å². The second-order valence-electron chi connectivity index (χ2n) is 6.55. The molecule has 0 aromatic heterocycles. The van der Waals surface area contributed by atoms with Crippen LogP contribution in [0.4, 0.5) is 0 Å². The van der Waals surface area contributed by atoms with Gasteiger partial charge in [0.05, 0.1) is 5.92 Å². The average Bonchev–Trinajstić information content (AvgIpc) is 3.09. The molecule has 2 unspecified atom stereocenters. The van der Waals surface area contributed by atoms with Gasteiger partial charge in [-0.2, -0.15) is 0 Å². The number of aliphatic imine (C=N–C) groups is 2. The Morgan fingerprint density at radius 2 is 1.95 bits per heavy atom. The maximum atomic E-state index is 4.62. The van der Waals surface area contributed by atoms with Gasteiger partial charge in [-0.3, -0.25) is 4.99 Å². The first-order valence-corrected chi connectivity index (χ1v) is 9.15. The van der Waals surface area contributed by atoms with Gasteiger partial charge in [-0.25, -0.2) is 4.99 Å². The van der Waals surface area contributed by atoms with Crippen molar-refractivity contribution in [3.63, 3.8) is 0 Å². The van der Waals surface area contributed by atoms with Gasteiger partial charge < -0.3 is 10.6 Å². The molecule has 4 nitrogen and oxygen atoms in total. The van der Waals surface area contributed by atoms with Crippen LogP contribution in [0.1, 0.15) is 44.9 Å². The molecule has 21 heavy (non-hydrogen) atoms. The van der Waals surface area contributed by atoms with Gasteiger partial charge in [-0.1, -0.05) is 0 Å². The van der Waals surface area contributed by atoms with Crippen molar-refractivity contribution in [3.05, 3.63) is 10.5 Å². The molecular weight excluding hydrogens is 280 g/mol. The average molecular weight is 304 g/mol. The summed E-state index contributed by atoms with van der Waals surface area (Å²) in [7, 11) is 2.08. The number of nitrogens with zero attached hydrogens (tertiary/aromatic N) is 2. The van der Waals surface area contributed by atoms with Crippen molar-refractivity contribution in [2.75, 3.05) is 7.05 Å². The first-order chi connectivity index (χ1) is 10.3. The summed E-state index contributed by atoms with van der Waals surface area (Å²) < 4.78 is 0. The Morgan fingerprint density at radius 3 is 2.76 bits per heavy atom. The first-order valence-electron chi connectivity index (χ1n) is 8.27. The molecule has 0 amide bonds. The minimum atomic E-state index is 0.365. The van der Waals surface area contributed by atoms with Crippen molar-refractivity contribution >= 4 is 23.9 Å². The zero-order valence-electron chi connectivity index (χ0n) is 12.6. The van der Waals surface area contributed by atoms with E-state index < -0.39 is 0 Å². The predicted molar refractivity (Wildman–Crippen MR) is 89.9 cm³/mol. The largest absolute Gasteiger partial charge is 0.370 e. The fourth-order valence-electron chi connectivity index (χ4n) is 4.11. The highest BCUT2D eigenvalue weighted by molar-refractivity contribution is 8.04. The van der Waals surface area contributed by atoms with E-state index in [1.807, 2.05) is 11.8 Å². The van der Waals surface area contributed by atoms with Gasteiger partial charge in [0.25, 0.3) is 0 Å². The van der Waals surface area contributed by atoms with Crippen LogP contribution in [0.15, 0.2) is 20.5 Å². The second kappa shape index (κ2) is 5.76. The Balaban J connectivity index is 1.45. The van der Waals surface area contributed by atoms with Crippen molar-refractivity contribution in [1.29, 1.82) is 0 Å². The number of hydrogen-bond acceptors (Lipinski definition) is 5. The van der Waals surface area contributed by atoms with Crippen LogP contribution >= 0.6 is 11.8 Å². The number of fused-ring (bicyclic) bond motifs is 2. The highest BCUT2D eigenvalue weighted by atomic mass is 32.2. The molecule has 2 aliphatic carbocycles. The summed E-state index contributed by atoms with van der Waals surface area (Å²) in [6.07, 6.45) is 10.7. The zero-order valence-corrected chi connectivity index (χ0v) is 13.5. The lowest BCUT2D eigenvalue weighted by Crippen LogP contribution is -2.46. The van der Waals surface area contributed by atoms with Gasteiger partial charge in [0.2, 0.25) is 0 Å². The quantitative estimate of drug-likeness (QED) is 0.824. The fraction of sp³-hybridized carbons (Fsp3) is 0.750. The van der Waals surface area contributed by atoms with E-state index in [9.17, 15) is 0 Å². The van der Waals surface area contributed by atoms with Crippen LogP contribution in [0, 0.1) is 5.92 Å². The highest BCUT2D eigenvalue weighted by Gasteiger charge is 2.42. The van der Waals surface area contributed by atoms with Crippen molar-refractivity contribution in [1.82, 2.24) is 10.6 Å². The molecule has 0 bridgehead atoms. The van der Waals surface area contributed by atoms with Crippen LogP contribution in [0.5, 0.6) is 0 Å². The molecule has 5 heteroatoms. The Hall–Kier alpha value is -0.810. The topological polar surface area (TPSA) is 48.8 Å². The fourth-order valence-corrected chi connectivity index (χ4v) is 5.59. The van der Waals surface area contributed by atoms with Gasteiger partial charge in [0.15, 0.2) is 0 Å². The maximum absolute atomic E-state index is 4.62. The van der Waals surface area contributed by atoms with E-state index >= 15 is 0 Å². The number of allylic oxidation sites excluding steroid dienone is 1. The van der Waals surface area contributed by atoms with Gasteiger partial charge in [0.1, 0.15) is 17.5 Å². The monoisotopic (exact) mass is 304 g/mol. The van der Waals surface area contributed by atoms with Crippen LogP contribution in [0.2, 0.25) is 0 Å². The van der Waals surface area contributed by atoms with Gasteiger partial charge in [0, 0.05) is 12.1 Å². The van der Waals surface area contributed by atoms with E-state index in [1.165, 1.54) is 50.8 Å². The summed E-state index contributed by atoms with van der Waals surface area (Å²) in [6, 6.07) is 1.30. The van der Waals surface area contributed by atoms with Crippen molar-refractivity contribution in [2.24, 2.45) is 15.9 Å². The summed E-state index contributed by atoms with van der Waals surface area (Å²) >= 11 is 1.99. The molecule has 0 spiro atoms. The maximum Gasteiger partial charge on any atom is 0.115 e. The van der Waals surface area contributed by atoms with E-state index in [-0.39, 0.29) is 0 Å². The number of nitrogens with one attached hydrogen (secondary N) is 2. The second-order valence-corrected chi connectivity index (χ2v) is 7.76. The molecule has 2 heterocycles. The molecular formula is C16H24N4S. The molecule has 2 N–H and O–H groups in total. The molecule has 2 atom stereocenters.